The van der Waals surface area contributed by atoms with Gasteiger partial charge in [-0.25, -0.2) is 8.42 Å². The number of hydrogen-bond acceptors (Lipinski definition) is 5. The van der Waals surface area contributed by atoms with E-state index >= 15 is 0 Å². The predicted octanol–water partition coefficient (Wildman–Crippen LogP) is 3.24. The van der Waals surface area contributed by atoms with Crippen molar-refractivity contribution < 1.29 is 17.9 Å². The van der Waals surface area contributed by atoms with Crippen LogP contribution in [0.25, 0.3) is 0 Å². The first-order chi connectivity index (χ1) is 13.8. The number of amides is 1. The van der Waals surface area contributed by atoms with Crippen LogP contribution in [0.2, 0.25) is 0 Å². The smallest absolute Gasteiger partial charge is 0.257 e. The second-order valence-corrected chi connectivity index (χ2v) is 8.33. The fraction of sp³-hybridized carbons (Fsp3) is 0.300. The molecule has 2 rings (SSSR count). The molecule has 2 aromatic rings. The van der Waals surface area contributed by atoms with E-state index in [4.69, 9.17) is 17.0 Å². The summed E-state index contributed by atoms with van der Waals surface area (Å²) in [7, 11) is -3.52. The van der Waals surface area contributed by atoms with E-state index in [0.717, 1.165) is 0 Å². The monoisotopic (exact) mass is 435 g/mol. The van der Waals surface area contributed by atoms with Crippen molar-refractivity contribution in [2.45, 2.75) is 25.7 Å². The minimum atomic E-state index is -3.52. The molecule has 0 saturated carbocycles. The number of hydrogen-bond donors (Lipinski definition) is 2. The normalized spacial score (nSPS) is 11.2. The Morgan fingerprint density at radius 1 is 1.07 bits per heavy atom. The number of nitrogens with one attached hydrogen (secondary N) is 2. The van der Waals surface area contributed by atoms with Gasteiger partial charge >= 0.3 is 0 Å². The SMILES string of the molecule is CCOc1cccc(C(=O)NC(=S)Nc2ccc(S(=O)(=O)N(CC)CC)cc2)c1. The van der Waals surface area contributed by atoms with Crippen LogP contribution >= 0.6 is 12.2 Å². The third-order valence-corrected chi connectivity index (χ3v) is 6.36. The van der Waals surface area contributed by atoms with Gasteiger partial charge in [0.05, 0.1) is 11.5 Å². The number of carbonyl (C=O) groups excluding carboxylic acids is 1. The molecule has 0 unspecified atom stereocenters. The molecule has 2 N–H and O–H groups in total. The number of anilines is 1. The first-order valence-corrected chi connectivity index (χ1v) is 11.1. The lowest BCUT2D eigenvalue weighted by Gasteiger charge is -2.18. The molecular formula is C20H25N3O4S2. The van der Waals surface area contributed by atoms with Gasteiger partial charge < -0.3 is 10.1 Å². The molecule has 0 aromatic heterocycles. The zero-order valence-electron chi connectivity index (χ0n) is 16.6. The van der Waals surface area contributed by atoms with Gasteiger partial charge in [-0.2, -0.15) is 4.31 Å². The van der Waals surface area contributed by atoms with Crippen LogP contribution in [0.4, 0.5) is 5.69 Å². The van der Waals surface area contributed by atoms with Gasteiger partial charge in [-0.15, -0.1) is 0 Å². The van der Waals surface area contributed by atoms with Crippen LogP contribution in [0.3, 0.4) is 0 Å². The zero-order chi connectivity index (χ0) is 21.4. The van der Waals surface area contributed by atoms with E-state index in [2.05, 4.69) is 10.6 Å². The number of nitrogens with zero attached hydrogens (tertiary/aromatic N) is 1. The fourth-order valence-corrected chi connectivity index (χ4v) is 4.32. The number of rotatable bonds is 8. The Hall–Kier alpha value is -2.49. The number of benzene rings is 2. The van der Waals surface area contributed by atoms with E-state index in [1.165, 1.54) is 16.4 Å². The largest absolute Gasteiger partial charge is 0.494 e. The third-order valence-electron chi connectivity index (χ3n) is 4.09. The Balaban J connectivity index is 2.02. The molecule has 156 valence electrons. The molecule has 0 fully saturated rings. The third kappa shape index (κ3) is 5.99. The first kappa shape index (κ1) is 22.8. The summed E-state index contributed by atoms with van der Waals surface area (Å²) in [6.07, 6.45) is 0. The molecule has 0 spiro atoms. The van der Waals surface area contributed by atoms with Crippen molar-refractivity contribution in [1.82, 2.24) is 9.62 Å². The van der Waals surface area contributed by atoms with Crippen molar-refractivity contribution in [3.8, 4) is 5.75 Å². The average molecular weight is 436 g/mol. The Bertz CT molecular complexity index is 956. The van der Waals surface area contributed by atoms with Gasteiger partial charge in [0.2, 0.25) is 10.0 Å². The van der Waals surface area contributed by atoms with Crippen molar-refractivity contribution >= 4 is 38.9 Å². The van der Waals surface area contributed by atoms with Crippen LogP contribution < -0.4 is 15.4 Å². The summed E-state index contributed by atoms with van der Waals surface area (Å²) in [5, 5.41) is 5.58. The minimum Gasteiger partial charge on any atom is -0.494 e. The molecule has 0 aliphatic rings. The van der Waals surface area contributed by atoms with Gasteiger partial charge in [0.25, 0.3) is 5.91 Å². The molecule has 0 heterocycles. The summed E-state index contributed by atoms with van der Waals surface area (Å²) in [5.74, 6) is 0.230. The van der Waals surface area contributed by atoms with Crippen LogP contribution in [0.15, 0.2) is 53.4 Å². The molecule has 0 aliphatic heterocycles. The van der Waals surface area contributed by atoms with Crippen molar-refractivity contribution in [2.75, 3.05) is 25.0 Å². The molecule has 0 saturated heterocycles. The maximum absolute atomic E-state index is 12.5. The summed E-state index contributed by atoms with van der Waals surface area (Å²) in [6, 6.07) is 13.0. The molecule has 0 aliphatic carbocycles. The van der Waals surface area contributed by atoms with Crippen LogP contribution in [-0.2, 0) is 10.0 Å². The van der Waals surface area contributed by atoms with Crippen LogP contribution in [0.5, 0.6) is 5.75 Å². The van der Waals surface area contributed by atoms with Crippen LogP contribution in [-0.4, -0.2) is 43.4 Å². The predicted molar refractivity (Wildman–Crippen MR) is 118 cm³/mol. The molecule has 29 heavy (non-hydrogen) atoms. The van der Waals surface area contributed by atoms with Crippen molar-refractivity contribution in [2.24, 2.45) is 0 Å². The number of carbonyl (C=O) groups is 1. The zero-order valence-corrected chi connectivity index (χ0v) is 18.3. The van der Waals surface area contributed by atoms with Gasteiger partial charge in [0, 0.05) is 24.3 Å². The van der Waals surface area contributed by atoms with E-state index < -0.39 is 10.0 Å². The molecule has 9 heteroatoms. The summed E-state index contributed by atoms with van der Waals surface area (Å²) < 4.78 is 31.8. The summed E-state index contributed by atoms with van der Waals surface area (Å²) >= 11 is 5.18. The highest BCUT2D eigenvalue weighted by Crippen LogP contribution is 2.18. The molecule has 0 radical (unpaired) electrons. The highest BCUT2D eigenvalue weighted by atomic mass is 32.2. The van der Waals surface area contributed by atoms with E-state index in [0.29, 0.717) is 36.7 Å². The van der Waals surface area contributed by atoms with Gasteiger partial charge in [-0.05, 0) is 61.6 Å². The maximum atomic E-state index is 12.5. The molecule has 1 amide bonds. The van der Waals surface area contributed by atoms with Gasteiger partial charge in [-0.3, -0.25) is 10.1 Å². The lowest BCUT2D eigenvalue weighted by atomic mass is 10.2. The van der Waals surface area contributed by atoms with E-state index in [9.17, 15) is 13.2 Å². The Morgan fingerprint density at radius 2 is 1.72 bits per heavy atom. The molecule has 0 atom stereocenters. The second-order valence-electron chi connectivity index (χ2n) is 5.98. The Kier molecular flexibility index (Phi) is 8.12. The van der Waals surface area contributed by atoms with Gasteiger partial charge in [0.1, 0.15) is 5.75 Å². The van der Waals surface area contributed by atoms with Crippen molar-refractivity contribution in [3.63, 3.8) is 0 Å². The summed E-state index contributed by atoms with van der Waals surface area (Å²) in [4.78, 5) is 12.6. The van der Waals surface area contributed by atoms with Crippen molar-refractivity contribution in [1.29, 1.82) is 0 Å². The first-order valence-electron chi connectivity index (χ1n) is 9.27. The van der Waals surface area contributed by atoms with Crippen LogP contribution in [0.1, 0.15) is 31.1 Å². The lowest BCUT2D eigenvalue weighted by molar-refractivity contribution is 0.0977. The molecule has 2 aromatic carbocycles. The Labute approximate surface area is 177 Å². The minimum absolute atomic E-state index is 0.108. The number of ether oxygens (including phenoxy) is 1. The quantitative estimate of drug-likeness (QED) is 0.619. The second kappa shape index (κ2) is 10.3. The highest BCUT2D eigenvalue weighted by molar-refractivity contribution is 7.89. The average Bonchev–Trinajstić information content (AvgIpc) is 2.69. The molecule has 0 bridgehead atoms. The number of thiocarbonyl (C=S) groups is 1. The standard InChI is InChI=1S/C20H25N3O4S2/c1-4-23(5-2)29(25,26)18-12-10-16(11-13-18)21-20(28)22-19(24)15-8-7-9-17(14-15)27-6-3/h7-14H,4-6H2,1-3H3,(H2,21,22,24,28). The highest BCUT2D eigenvalue weighted by Gasteiger charge is 2.21. The van der Waals surface area contributed by atoms with Gasteiger partial charge in [0.15, 0.2) is 5.11 Å². The summed E-state index contributed by atoms with van der Waals surface area (Å²) in [6.45, 7) is 6.76. The molecule has 7 nitrogen and oxygen atoms in total. The Morgan fingerprint density at radius 3 is 2.31 bits per heavy atom. The topological polar surface area (TPSA) is 87.7 Å². The fourth-order valence-electron chi connectivity index (χ4n) is 2.65. The lowest BCUT2D eigenvalue weighted by Crippen LogP contribution is -2.34. The number of sulfonamides is 1. The summed E-state index contributed by atoms with van der Waals surface area (Å²) in [5.41, 5.74) is 0.984. The van der Waals surface area contributed by atoms with E-state index in [-0.39, 0.29) is 15.9 Å². The van der Waals surface area contributed by atoms with E-state index in [1.807, 2.05) is 6.92 Å². The van der Waals surface area contributed by atoms with E-state index in [1.54, 1.807) is 50.2 Å². The van der Waals surface area contributed by atoms with Gasteiger partial charge in [-0.1, -0.05) is 19.9 Å². The van der Waals surface area contributed by atoms with Crippen molar-refractivity contribution in [3.05, 3.63) is 54.1 Å². The maximum Gasteiger partial charge on any atom is 0.257 e. The molecular weight excluding hydrogens is 410 g/mol. The van der Waals surface area contributed by atoms with Crippen LogP contribution in [0, 0.1) is 0 Å².